The zero-order chi connectivity index (χ0) is 33.9. The molecule has 5 aromatic carbocycles. The van der Waals surface area contributed by atoms with Crippen LogP contribution in [-0.2, 0) is 20.1 Å². The maximum atomic E-state index is 12.9. The van der Waals surface area contributed by atoms with E-state index in [4.69, 9.17) is 5.73 Å². The van der Waals surface area contributed by atoms with Crippen molar-refractivity contribution in [3.05, 3.63) is 96.1 Å². The minimum Gasteiger partial charge on any atom is -0.505 e. The number of anilines is 2. The van der Waals surface area contributed by atoms with Crippen molar-refractivity contribution in [3.8, 4) is 5.75 Å². The molecule has 14 nitrogen and oxygen atoms in total. The Hall–Kier alpha value is -5.58. The van der Waals surface area contributed by atoms with Gasteiger partial charge in [-0.25, -0.2) is 8.42 Å². The topological polar surface area (TPSA) is 221 Å². The lowest BCUT2D eigenvalue weighted by Crippen LogP contribution is -2.12. The van der Waals surface area contributed by atoms with E-state index in [9.17, 15) is 26.5 Å². The van der Waals surface area contributed by atoms with Gasteiger partial charge in [-0.05, 0) is 97.6 Å². The monoisotopic (exact) mass is 672 g/mol. The van der Waals surface area contributed by atoms with E-state index in [1.54, 1.807) is 37.3 Å². The number of nitrogens with two attached hydrogens (primary N) is 1. The average molecular weight is 673 g/mol. The van der Waals surface area contributed by atoms with Crippen molar-refractivity contribution >= 4 is 70.7 Å². The number of hydrogen-bond donors (Lipinski definition) is 4. The molecule has 0 bridgehead atoms. The van der Waals surface area contributed by atoms with Crippen molar-refractivity contribution < 1.29 is 26.5 Å². The third-order valence-electron chi connectivity index (χ3n) is 6.86. The molecule has 0 radical (unpaired) electrons. The van der Waals surface area contributed by atoms with Gasteiger partial charge in [-0.15, -0.1) is 10.2 Å². The van der Waals surface area contributed by atoms with Crippen LogP contribution in [0.2, 0.25) is 0 Å². The normalized spacial score (nSPS) is 12.5. The van der Waals surface area contributed by atoms with Gasteiger partial charge in [0, 0.05) is 12.7 Å². The summed E-state index contributed by atoms with van der Waals surface area (Å²) in [6.07, 6.45) is 0. The summed E-state index contributed by atoms with van der Waals surface area (Å²) < 4.78 is 62.9. The van der Waals surface area contributed by atoms with E-state index in [1.165, 1.54) is 43.4 Å². The van der Waals surface area contributed by atoms with Crippen LogP contribution in [-0.4, -0.2) is 33.5 Å². The van der Waals surface area contributed by atoms with Gasteiger partial charge in [-0.1, -0.05) is 17.7 Å². The Bertz CT molecular complexity index is 2290. The molecule has 0 aliphatic carbocycles. The molecular formula is C31H28N8O6S2. The summed E-state index contributed by atoms with van der Waals surface area (Å²) in [7, 11) is -7.35. The highest BCUT2D eigenvalue weighted by Gasteiger charge is 2.25. The largest absolute Gasteiger partial charge is 0.505 e. The number of rotatable bonds is 9. The van der Waals surface area contributed by atoms with Gasteiger partial charge in [0.15, 0.2) is 5.75 Å². The number of benzene rings is 5. The van der Waals surface area contributed by atoms with Crippen molar-refractivity contribution in [3.63, 3.8) is 0 Å². The van der Waals surface area contributed by atoms with Gasteiger partial charge in [-0.2, -0.15) is 28.9 Å². The minimum atomic E-state index is -4.89. The van der Waals surface area contributed by atoms with Gasteiger partial charge in [0.25, 0.3) is 20.1 Å². The molecule has 0 fully saturated rings. The summed E-state index contributed by atoms with van der Waals surface area (Å²) >= 11 is 0. The van der Waals surface area contributed by atoms with Crippen LogP contribution in [0.5, 0.6) is 5.75 Å². The van der Waals surface area contributed by atoms with Crippen LogP contribution in [0.15, 0.2) is 125 Å². The van der Waals surface area contributed by atoms with Crippen molar-refractivity contribution in [1.29, 1.82) is 0 Å². The molecule has 47 heavy (non-hydrogen) atoms. The molecule has 0 spiro atoms. The number of sulfonamides is 1. The predicted octanol–water partition coefficient (Wildman–Crippen LogP) is 8.34. The Balaban J connectivity index is 1.49. The van der Waals surface area contributed by atoms with E-state index in [0.717, 1.165) is 11.6 Å². The van der Waals surface area contributed by atoms with Gasteiger partial charge in [0.1, 0.15) is 16.3 Å². The number of aryl methyl sites for hydroxylation is 2. The first-order valence-corrected chi connectivity index (χ1v) is 16.7. The fraction of sp³-hybridized carbons (Fsp3) is 0.0968. The van der Waals surface area contributed by atoms with Gasteiger partial charge in [0.2, 0.25) is 0 Å². The molecule has 5 rings (SSSR count). The Labute approximate surface area is 270 Å². The lowest BCUT2D eigenvalue weighted by molar-refractivity contribution is 0.472. The maximum Gasteiger partial charge on any atom is 0.296 e. The van der Waals surface area contributed by atoms with Gasteiger partial charge >= 0.3 is 0 Å². The van der Waals surface area contributed by atoms with Crippen LogP contribution < -0.4 is 10.5 Å². The highest BCUT2D eigenvalue weighted by Crippen LogP contribution is 2.47. The molecule has 0 amide bonds. The number of nitrogens with one attached hydrogen (secondary N) is 1. The van der Waals surface area contributed by atoms with E-state index in [1.807, 2.05) is 19.1 Å². The number of nitrogen functional groups attached to an aromatic ring is 1. The molecule has 0 heterocycles. The summed E-state index contributed by atoms with van der Waals surface area (Å²) in [4.78, 5) is -0.801. The first-order valence-electron chi connectivity index (χ1n) is 13.8. The van der Waals surface area contributed by atoms with Crippen LogP contribution >= 0.6 is 0 Å². The number of aromatic hydroxyl groups is 1. The highest BCUT2D eigenvalue weighted by molar-refractivity contribution is 7.92. The van der Waals surface area contributed by atoms with Gasteiger partial charge < -0.3 is 10.8 Å². The first kappa shape index (κ1) is 32.8. The van der Waals surface area contributed by atoms with Crippen molar-refractivity contribution in [1.82, 2.24) is 0 Å². The summed E-state index contributed by atoms with van der Waals surface area (Å²) in [5.74, 6) is -0.669. The third kappa shape index (κ3) is 7.30. The average Bonchev–Trinajstić information content (AvgIpc) is 3.01. The Morgan fingerprint density at radius 1 is 0.702 bits per heavy atom. The molecule has 0 saturated carbocycles. The van der Waals surface area contributed by atoms with Crippen molar-refractivity contribution in [2.45, 2.75) is 23.6 Å². The second-order valence-corrected chi connectivity index (χ2v) is 13.4. The van der Waals surface area contributed by atoms with Crippen molar-refractivity contribution in [2.75, 3.05) is 17.5 Å². The van der Waals surface area contributed by atoms with Crippen LogP contribution in [0, 0.1) is 13.8 Å². The SMILES string of the molecule is CN=Nc1ccc(NS(=O)(=O)c2ccc(N=Nc3c(S(=O)(=O)O)cc4cc(C)c(N=Nc5ccc(C)cc5)c(N)c4c3O)cc2)cc1. The number of fused-ring (bicyclic) bond motifs is 1. The lowest BCUT2D eigenvalue weighted by Gasteiger charge is -2.13. The number of phenols is 1. The molecule has 0 aromatic heterocycles. The second-order valence-electron chi connectivity index (χ2n) is 10.3. The number of nitrogens with zero attached hydrogens (tertiary/aromatic N) is 6. The molecule has 0 unspecified atom stereocenters. The molecule has 0 aliphatic rings. The molecule has 240 valence electrons. The van der Waals surface area contributed by atoms with Gasteiger partial charge in [0.05, 0.1) is 33.0 Å². The summed E-state index contributed by atoms with van der Waals surface area (Å²) in [5, 5.41) is 35.4. The zero-order valence-corrected chi connectivity index (χ0v) is 26.8. The number of phenolic OH excluding ortho intramolecular Hbond substituents is 1. The fourth-order valence-corrected chi connectivity index (χ4v) is 6.27. The molecule has 16 heteroatoms. The predicted molar refractivity (Wildman–Crippen MR) is 178 cm³/mol. The minimum absolute atomic E-state index is 0.00171. The zero-order valence-electron chi connectivity index (χ0n) is 25.2. The number of hydrogen-bond acceptors (Lipinski definition) is 12. The van der Waals surface area contributed by atoms with E-state index in [-0.39, 0.29) is 32.7 Å². The van der Waals surface area contributed by atoms with Crippen LogP contribution in [0.1, 0.15) is 11.1 Å². The molecule has 5 aromatic rings. The van der Waals surface area contributed by atoms with E-state index in [2.05, 4.69) is 35.4 Å². The lowest BCUT2D eigenvalue weighted by atomic mass is 10.0. The maximum absolute atomic E-state index is 12.9. The molecular weight excluding hydrogens is 645 g/mol. The summed E-state index contributed by atoms with van der Waals surface area (Å²) in [5.41, 5.74) is 9.19. The van der Waals surface area contributed by atoms with Crippen LogP contribution in [0.3, 0.4) is 0 Å². The quantitative estimate of drug-likeness (QED) is 0.0680. The number of azo groups is 3. The molecule has 0 saturated heterocycles. The van der Waals surface area contributed by atoms with Crippen LogP contribution in [0.25, 0.3) is 10.8 Å². The van der Waals surface area contributed by atoms with Gasteiger partial charge in [-0.3, -0.25) is 9.27 Å². The Morgan fingerprint density at radius 2 is 1.23 bits per heavy atom. The van der Waals surface area contributed by atoms with Crippen LogP contribution in [0.4, 0.5) is 39.8 Å². The molecule has 0 atom stereocenters. The van der Waals surface area contributed by atoms with E-state index in [0.29, 0.717) is 22.6 Å². The van der Waals surface area contributed by atoms with Crippen molar-refractivity contribution in [2.24, 2.45) is 30.7 Å². The smallest absolute Gasteiger partial charge is 0.296 e. The summed E-state index contributed by atoms with van der Waals surface area (Å²) in [6, 6.07) is 21.4. The van der Waals surface area contributed by atoms with E-state index >= 15 is 0 Å². The third-order valence-corrected chi connectivity index (χ3v) is 9.13. The first-order chi connectivity index (χ1) is 22.3. The Kier molecular flexibility index (Phi) is 9.10. The van der Waals surface area contributed by atoms with E-state index < -0.39 is 36.5 Å². The molecule has 0 aliphatic heterocycles. The standard InChI is InChI=1S/C31H28N8O6S2/c1-18-4-6-22(7-5-18)35-37-29-19(2)16-20-17-26(47(43,44)45)30(31(40)27(20)28(29)32)38-36-23-12-14-25(15-13-23)46(41,42)39-24-10-8-21(9-11-24)34-33-3/h4-17,39-40H,32H2,1-3H3,(H,43,44,45). The summed E-state index contributed by atoms with van der Waals surface area (Å²) in [6.45, 7) is 3.62. The molecule has 5 N–H and O–H groups in total. The Morgan fingerprint density at radius 3 is 1.81 bits per heavy atom. The second kappa shape index (κ2) is 13.0. The fourth-order valence-electron chi connectivity index (χ4n) is 4.55. The highest BCUT2D eigenvalue weighted by atomic mass is 32.2.